The molecule has 1 saturated heterocycles. The third kappa shape index (κ3) is 4.18. The minimum atomic E-state index is 0. The zero-order valence-corrected chi connectivity index (χ0v) is 16.6. The van der Waals surface area contributed by atoms with Gasteiger partial charge in [0.25, 0.3) is 0 Å². The van der Waals surface area contributed by atoms with Gasteiger partial charge in [-0.15, -0.1) is 12.4 Å². The first-order chi connectivity index (χ1) is 12.7. The van der Waals surface area contributed by atoms with E-state index in [1.165, 1.54) is 11.1 Å². The molecular weight excluding hydrogens is 358 g/mol. The van der Waals surface area contributed by atoms with E-state index in [1.807, 2.05) is 12.3 Å². The number of benzene rings is 2. The molecule has 1 aliphatic heterocycles. The van der Waals surface area contributed by atoms with Crippen molar-refractivity contribution in [2.75, 3.05) is 32.1 Å². The molecule has 1 aromatic heterocycles. The van der Waals surface area contributed by atoms with Gasteiger partial charge in [0, 0.05) is 31.2 Å². The molecule has 3 aromatic rings. The van der Waals surface area contributed by atoms with Crippen molar-refractivity contribution in [3.8, 4) is 16.9 Å². The molecule has 0 radical (unpaired) electrons. The summed E-state index contributed by atoms with van der Waals surface area (Å²) in [6.07, 6.45) is 4.32. The van der Waals surface area contributed by atoms with Crippen LogP contribution in [0.2, 0.25) is 0 Å². The maximum Gasteiger partial charge on any atom is 0.119 e. The van der Waals surface area contributed by atoms with Crippen molar-refractivity contribution in [3.05, 3.63) is 54.7 Å². The summed E-state index contributed by atoms with van der Waals surface area (Å²) in [5, 5.41) is 4.53. The van der Waals surface area contributed by atoms with Crippen LogP contribution in [0.3, 0.4) is 0 Å². The van der Waals surface area contributed by atoms with Crippen molar-refractivity contribution < 1.29 is 4.74 Å². The van der Waals surface area contributed by atoms with E-state index in [9.17, 15) is 0 Å². The van der Waals surface area contributed by atoms with E-state index in [-0.39, 0.29) is 12.4 Å². The first-order valence-corrected chi connectivity index (χ1v) is 9.25. The molecule has 5 heteroatoms. The molecule has 0 aliphatic carbocycles. The summed E-state index contributed by atoms with van der Waals surface area (Å²) in [6, 6.07) is 16.9. The highest BCUT2D eigenvalue weighted by atomic mass is 35.5. The van der Waals surface area contributed by atoms with E-state index >= 15 is 0 Å². The Balaban J connectivity index is 0.00000210. The van der Waals surface area contributed by atoms with Gasteiger partial charge in [0.15, 0.2) is 0 Å². The van der Waals surface area contributed by atoms with Gasteiger partial charge in [0.1, 0.15) is 11.9 Å². The fourth-order valence-corrected chi connectivity index (χ4v) is 3.63. The van der Waals surface area contributed by atoms with Crippen LogP contribution in [0.1, 0.15) is 12.8 Å². The fraction of sp³-hybridized carbons (Fsp3) is 0.318. The van der Waals surface area contributed by atoms with E-state index in [0.717, 1.165) is 48.3 Å². The van der Waals surface area contributed by atoms with Crippen LogP contribution in [0.4, 0.5) is 5.69 Å². The molecule has 0 bridgehead atoms. The highest BCUT2D eigenvalue weighted by molar-refractivity contribution is 5.99. The van der Waals surface area contributed by atoms with E-state index < -0.39 is 0 Å². The maximum atomic E-state index is 6.13. The molecule has 4 nitrogen and oxygen atoms in total. The van der Waals surface area contributed by atoms with Gasteiger partial charge < -0.3 is 15.0 Å². The summed E-state index contributed by atoms with van der Waals surface area (Å²) in [5.74, 6) is 0.950. The number of aromatic nitrogens is 1. The topological polar surface area (TPSA) is 37.4 Å². The third-order valence-corrected chi connectivity index (χ3v) is 4.95. The van der Waals surface area contributed by atoms with Crippen LogP contribution in [-0.4, -0.2) is 38.3 Å². The minimum absolute atomic E-state index is 0. The number of hydrogen-bond acceptors (Lipinski definition) is 4. The lowest BCUT2D eigenvalue weighted by atomic mass is 10.00. The Morgan fingerprint density at radius 2 is 1.74 bits per heavy atom. The number of nitrogens with zero attached hydrogens (tertiary/aromatic N) is 2. The molecule has 0 spiro atoms. The second-order valence-corrected chi connectivity index (χ2v) is 7.02. The summed E-state index contributed by atoms with van der Waals surface area (Å²) < 4.78 is 6.13. The highest BCUT2D eigenvalue weighted by Gasteiger charge is 2.15. The summed E-state index contributed by atoms with van der Waals surface area (Å²) in [4.78, 5) is 6.75. The number of nitrogens with one attached hydrogen (secondary N) is 1. The lowest BCUT2D eigenvalue weighted by Crippen LogP contribution is -2.34. The molecule has 4 rings (SSSR count). The molecule has 2 aromatic carbocycles. The van der Waals surface area contributed by atoms with Crippen LogP contribution >= 0.6 is 12.4 Å². The Kier molecular flexibility index (Phi) is 6.19. The highest BCUT2D eigenvalue weighted by Crippen LogP contribution is 2.36. The van der Waals surface area contributed by atoms with Gasteiger partial charge in [-0.05, 0) is 49.7 Å². The molecule has 0 saturated carbocycles. The van der Waals surface area contributed by atoms with Gasteiger partial charge >= 0.3 is 0 Å². The minimum Gasteiger partial charge on any atom is -0.490 e. The van der Waals surface area contributed by atoms with E-state index in [2.05, 4.69) is 71.8 Å². The Morgan fingerprint density at radius 1 is 1.00 bits per heavy atom. The fourth-order valence-electron chi connectivity index (χ4n) is 3.63. The third-order valence-electron chi connectivity index (χ3n) is 4.95. The predicted molar refractivity (Wildman–Crippen MR) is 115 cm³/mol. The second kappa shape index (κ2) is 8.59. The first kappa shape index (κ1) is 19.5. The largest absolute Gasteiger partial charge is 0.490 e. The summed E-state index contributed by atoms with van der Waals surface area (Å²) in [5.41, 5.74) is 4.55. The van der Waals surface area contributed by atoms with Crippen molar-refractivity contribution in [1.82, 2.24) is 10.3 Å². The number of piperidine rings is 1. The predicted octanol–water partition coefficient (Wildman–Crippen LogP) is 4.52. The number of fused-ring (bicyclic) bond motifs is 1. The quantitative estimate of drug-likeness (QED) is 0.718. The summed E-state index contributed by atoms with van der Waals surface area (Å²) in [7, 11) is 4.14. The molecule has 0 amide bonds. The Labute approximate surface area is 167 Å². The van der Waals surface area contributed by atoms with E-state index in [0.29, 0.717) is 6.10 Å². The van der Waals surface area contributed by atoms with Gasteiger partial charge in [-0.1, -0.05) is 30.3 Å². The summed E-state index contributed by atoms with van der Waals surface area (Å²) in [6.45, 7) is 2.08. The van der Waals surface area contributed by atoms with Gasteiger partial charge in [0.2, 0.25) is 0 Å². The van der Waals surface area contributed by atoms with Crippen LogP contribution < -0.4 is 15.0 Å². The number of ether oxygens (including phenoxy) is 1. The SMILES string of the molecule is CN(C)c1c(-c2ccc(OC3CCNCC3)cc2)ccc2cccnc12.Cl. The monoisotopic (exact) mass is 383 g/mol. The number of pyridine rings is 1. The molecule has 1 aliphatic rings. The Morgan fingerprint density at radius 3 is 2.44 bits per heavy atom. The van der Waals surface area contributed by atoms with Crippen molar-refractivity contribution in [1.29, 1.82) is 0 Å². The molecule has 1 N–H and O–H groups in total. The van der Waals surface area contributed by atoms with Gasteiger partial charge in [-0.3, -0.25) is 4.98 Å². The lowest BCUT2D eigenvalue weighted by molar-refractivity contribution is 0.162. The molecule has 0 unspecified atom stereocenters. The Hall–Kier alpha value is -2.30. The first-order valence-electron chi connectivity index (χ1n) is 9.25. The molecular formula is C22H26ClN3O. The average molecular weight is 384 g/mol. The van der Waals surface area contributed by atoms with E-state index in [1.54, 1.807) is 0 Å². The van der Waals surface area contributed by atoms with Crippen LogP contribution in [0.25, 0.3) is 22.0 Å². The van der Waals surface area contributed by atoms with Gasteiger partial charge in [0.05, 0.1) is 11.2 Å². The van der Waals surface area contributed by atoms with E-state index in [4.69, 9.17) is 4.74 Å². The molecule has 2 heterocycles. The van der Waals surface area contributed by atoms with Crippen LogP contribution in [0.15, 0.2) is 54.7 Å². The lowest BCUT2D eigenvalue weighted by Gasteiger charge is -2.24. The van der Waals surface area contributed by atoms with Crippen molar-refractivity contribution in [3.63, 3.8) is 0 Å². The Bertz CT molecular complexity index is 890. The van der Waals surface area contributed by atoms with Gasteiger partial charge in [-0.2, -0.15) is 0 Å². The van der Waals surface area contributed by atoms with Gasteiger partial charge in [-0.25, -0.2) is 0 Å². The van der Waals surface area contributed by atoms with Crippen molar-refractivity contribution >= 4 is 29.0 Å². The number of halogens is 1. The number of rotatable bonds is 4. The smallest absolute Gasteiger partial charge is 0.119 e. The zero-order chi connectivity index (χ0) is 17.9. The van der Waals surface area contributed by atoms with Crippen LogP contribution in [0, 0.1) is 0 Å². The normalized spacial score (nSPS) is 14.6. The van der Waals surface area contributed by atoms with Crippen molar-refractivity contribution in [2.45, 2.75) is 18.9 Å². The molecule has 27 heavy (non-hydrogen) atoms. The molecule has 1 fully saturated rings. The van der Waals surface area contributed by atoms with Crippen molar-refractivity contribution in [2.24, 2.45) is 0 Å². The van der Waals surface area contributed by atoms with Crippen LogP contribution in [0.5, 0.6) is 5.75 Å². The molecule has 0 atom stereocenters. The molecule has 142 valence electrons. The maximum absolute atomic E-state index is 6.13. The average Bonchev–Trinajstić information content (AvgIpc) is 2.68. The van der Waals surface area contributed by atoms with Crippen LogP contribution in [-0.2, 0) is 0 Å². The second-order valence-electron chi connectivity index (χ2n) is 7.02. The zero-order valence-electron chi connectivity index (χ0n) is 15.8. The standard InChI is InChI=1S/C22H25N3O.ClH/c1-25(2)22-20(10-7-17-4-3-13-24-21(17)22)16-5-8-18(9-6-16)26-19-11-14-23-15-12-19;/h3-10,13,19,23H,11-12,14-15H2,1-2H3;1H. The number of hydrogen-bond donors (Lipinski definition) is 1. The summed E-state index contributed by atoms with van der Waals surface area (Å²) >= 11 is 0. The number of anilines is 1.